The van der Waals surface area contributed by atoms with Crippen LogP contribution in [0.4, 0.5) is 0 Å². The Morgan fingerprint density at radius 2 is 1.61 bits per heavy atom. The Labute approximate surface area is 132 Å². The molecule has 0 aromatic heterocycles. The monoisotopic (exact) mass is 322 g/mol. The largest absolute Gasteiger partial charge is 0.481 e. The molecule has 0 heterocycles. The third kappa shape index (κ3) is 6.60. The van der Waals surface area contributed by atoms with Gasteiger partial charge in [-0.25, -0.2) is 4.79 Å². The maximum Gasteiger partial charge on any atom is 0.326 e. The summed E-state index contributed by atoms with van der Waals surface area (Å²) in [6, 6.07) is 6.29. The molecule has 0 fully saturated rings. The van der Waals surface area contributed by atoms with Crippen molar-refractivity contribution < 1.29 is 29.4 Å². The zero-order valence-electron chi connectivity index (χ0n) is 12.5. The molecule has 0 radical (unpaired) electrons. The molecule has 124 valence electrons. The highest BCUT2D eigenvalue weighted by molar-refractivity contribution is 5.91. The lowest BCUT2D eigenvalue weighted by atomic mass is 10.0. The summed E-state index contributed by atoms with van der Waals surface area (Å²) in [7, 11) is 0. The van der Waals surface area contributed by atoms with Crippen molar-refractivity contribution >= 4 is 23.8 Å². The highest BCUT2D eigenvalue weighted by Gasteiger charge is 2.27. The van der Waals surface area contributed by atoms with Crippen LogP contribution in [0.25, 0.3) is 0 Å². The Kier molecular flexibility index (Phi) is 6.72. The van der Waals surface area contributed by atoms with Crippen molar-refractivity contribution in [2.24, 2.45) is 0 Å². The Bertz CT molecular complexity index is 587. The summed E-state index contributed by atoms with van der Waals surface area (Å²) < 4.78 is 0. The van der Waals surface area contributed by atoms with E-state index in [9.17, 15) is 19.2 Å². The lowest BCUT2D eigenvalue weighted by molar-refractivity contribution is -0.147. The highest BCUT2D eigenvalue weighted by atomic mass is 16.4. The van der Waals surface area contributed by atoms with Gasteiger partial charge in [0.1, 0.15) is 12.1 Å². The standard InChI is InChI=1S/C15H18N2O6/c1-9(18)16-11(7-10-5-3-2-4-6-10)14(21)17-12(15(22)23)8-13(19)20/h2-6,11-12H,7-8H2,1H3,(H,16,18)(H,17,21)(H,19,20)(H,22,23)/t11-,12-/m1/s1. The van der Waals surface area contributed by atoms with E-state index in [2.05, 4.69) is 10.6 Å². The topological polar surface area (TPSA) is 133 Å². The number of hydrogen-bond donors (Lipinski definition) is 4. The fourth-order valence-electron chi connectivity index (χ4n) is 1.95. The second kappa shape index (κ2) is 8.52. The molecule has 0 saturated carbocycles. The van der Waals surface area contributed by atoms with E-state index in [0.29, 0.717) is 0 Å². The van der Waals surface area contributed by atoms with Gasteiger partial charge in [-0.2, -0.15) is 0 Å². The van der Waals surface area contributed by atoms with Crippen LogP contribution in [0.5, 0.6) is 0 Å². The molecule has 8 nitrogen and oxygen atoms in total. The Morgan fingerprint density at radius 3 is 2.09 bits per heavy atom. The number of carboxylic acid groups (broad SMARTS) is 2. The van der Waals surface area contributed by atoms with Crippen LogP contribution in [0, 0.1) is 0 Å². The van der Waals surface area contributed by atoms with Crippen LogP contribution in [0.1, 0.15) is 18.9 Å². The average Bonchev–Trinajstić information content (AvgIpc) is 2.45. The van der Waals surface area contributed by atoms with E-state index in [-0.39, 0.29) is 6.42 Å². The maximum atomic E-state index is 12.2. The van der Waals surface area contributed by atoms with Crippen LogP contribution in [0.2, 0.25) is 0 Å². The molecule has 0 unspecified atom stereocenters. The van der Waals surface area contributed by atoms with Crippen molar-refractivity contribution in [2.45, 2.75) is 31.8 Å². The average molecular weight is 322 g/mol. The second-order valence-corrected chi connectivity index (χ2v) is 4.94. The normalized spacial score (nSPS) is 12.7. The molecule has 4 N–H and O–H groups in total. The predicted octanol–water partition coefficient (Wildman–Crippen LogP) is -0.222. The van der Waals surface area contributed by atoms with Crippen molar-refractivity contribution in [3.63, 3.8) is 0 Å². The lowest BCUT2D eigenvalue weighted by Crippen LogP contribution is -2.52. The minimum absolute atomic E-state index is 0.158. The van der Waals surface area contributed by atoms with Gasteiger partial charge in [-0.15, -0.1) is 0 Å². The van der Waals surface area contributed by atoms with Gasteiger partial charge >= 0.3 is 11.9 Å². The molecular weight excluding hydrogens is 304 g/mol. The van der Waals surface area contributed by atoms with Gasteiger partial charge in [0.05, 0.1) is 6.42 Å². The molecule has 8 heteroatoms. The van der Waals surface area contributed by atoms with E-state index >= 15 is 0 Å². The molecule has 0 aliphatic rings. The van der Waals surface area contributed by atoms with Crippen molar-refractivity contribution in [1.29, 1.82) is 0 Å². The number of aliphatic carboxylic acids is 2. The summed E-state index contributed by atoms with van der Waals surface area (Å²) in [6.07, 6.45) is -0.592. The first-order chi connectivity index (χ1) is 10.8. The van der Waals surface area contributed by atoms with E-state index < -0.39 is 42.3 Å². The predicted molar refractivity (Wildman–Crippen MR) is 79.6 cm³/mol. The first-order valence-electron chi connectivity index (χ1n) is 6.85. The summed E-state index contributed by atoms with van der Waals surface area (Å²) in [5, 5.41) is 22.2. The van der Waals surface area contributed by atoms with Crippen LogP contribution in [-0.4, -0.2) is 46.0 Å². The van der Waals surface area contributed by atoms with E-state index in [4.69, 9.17) is 10.2 Å². The molecule has 1 aromatic rings. The second-order valence-electron chi connectivity index (χ2n) is 4.94. The Balaban J connectivity index is 2.83. The number of rotatable bonds is 8. The summed E-state index contributed by atoms with van der Waals surface area (Å²) in [5.74, 6) is -4.01. The molecule has 1 rings (SSSR count). The fourth-order valence-corrected chi connectivity index (χ4v) is 1.95. The summed E-state index contributed by atoms with van der Waals surface area (Å²) in [4.78, 5) is 45.1. The van der Waals surface area contributed by atoms with Gasteiger partial charge in [0.15, 0.2) is 0 Å². The van der Waals surface area contributed by atoms with Gasteiger partial charge < -0.3 is 20.8 Å². The van der Waals surface area contributed by atoms with Gasteiger partial charge in [0, 0.05) is 13.3 Å². The molecule has 0 aliphatic carbocycles. The number of carbonyl (C=O) groups excluding carboxylic acids is 2. The zero-order chi connectivity index (χ0) is 17.4. The molecule has 2 amide bonds. The summed E-state index contributed by atoms with van der Waals surface area (Å²) >= 11 is 0. The number of carbonyl (C=O) groups is 4. The van der Waals surface area contributed by atoms with E-state index in [0.717, 1.165) is 5.56 Å². The van der Waals surface area contributed by atoms with Crippen molar-refractivity contribution in [3.8, 4) is 0 Å². The maximum absolute atomic E-state index is 12.2. The van der Waals surface area contributed by atoms with E-state index in [1.54, 1.807) is 30.3 Å². The molecule has 1 aromatic carbocycles. The van der Waals surface area contributed by atoms with Crippen LogP contribution in [0.3, 0.4) is 0 Å². The van der Waals surface area contributed by atoms with Crippen molar-refractivity contribution in [3.05, 3.63) is 35.9 Å². The molecule has 0 saturated heterocycles. The molecule has 23 heavy (non-hydrogen) atoms. The first kappa shape index (κ1) is 18.1. The number of benzene rings is 1. The first-order valence-corrected chi connectivity index (χ1v) is 6.85. The van der Waals surface area contributed by atoms with Crippen LogP contribution >= 0.6 is 0 Å². The van der Waals surface area contributed by atoms with Crippen LogP contribution in [-0.2, 0) is 25.6 Å². The van der Waals surface area contributed by atoms with Gasteiger partial charge in [0.2, 0.25) is 11.8 Å². The fraction of sp³-hybridized carbons (Fsp3) is 0.333. The van der Waals surface area contributed by atoms with Gasteiger partial charge in [-0.1, -0.05) is 30.3 Å². The highest BCUT2D eigenvalue weighted by Crippen LogP contribution is 2.04. The minimum atomic E-state index is -1.56. The Hall–Kier alpha value is -2.90. The minimum Gasteiger partial charge on any atom is -0.481 e. The van der Waals surface area contributed by atoms with Gasteiger partial charge in [0.25, 0.3) is 0 Å². The lowest BCUT2D eigenvalue weighted by Gasteiger charge is -2.20. The summed E-state index contributed by atoms with van der Waals surface area (Å²) in [6.45, 7) is 1.23. The van der Waals surface area contributed by atoms with E-state index in [1.807, 2.05) is 0 Å². The van der Waals surface area contributed by atoms with Gasteiger partial charge in [-0.3, -0.25) is 14.4 Å². The van der Waals surface area contributed by atoms with Crippen molar-refractivity contribution in [1.82, 2.24) is 10.6 Å². The van der Waals surface area contributed by atoms with E-state index in [1.165, 1.54) is 6.92 Å². The van der Waals surface area contributed by atoms with Crippen LogP contribution in [0.15, 0.2) is 30.3 Å². The molecular formula is C15H18N2O6. The number of hydrogen-bond acceptors (Lipinski definition) is 4. The molecule has 0 aliphatic heterocycles. The zero-order valence-corrected chi connectivity index (χ0v) is 12.5. The number of nitrogens with one attached hydrogen (secondary N) is 2. The third-order valence-corrected chi connectivity index (χ3v) is 2.97. The molecule has 0 spiro atoms. The van der Waals surface area contributed by atoms with Crippen LogP contribution < -0.4 is 10.6 Å². The smallest absolute Gasteiger partial charge is 0.326 e. The number of carboxylic acids is 2. The molecule has 0 bridgehead atoms. The molecule has 2 atom stereocenters. The van der Waals surface area contributed by atoms with Gasteiger partial charge in [-0.05, 0) is 5.56 Å². The number of amides is 2. The van der Waals surface area contributed by atoms with Crippen molar-refractivity contribution in [2.75, 3.05) is 0 Å². The Morgan fingerprint density at radius 1 is 1.00 bits per heavy atom. The summed E-state index contributed by atoms with van der Waals surface area (Å²) in [5.41, 5.74) is 0.770. The third-order valence-electron chi connectivity index (χ3n) is 2.97. The SMILES string of the molecule is CC(=O)N[C@H](Cc1ccccc1)C(=O)N[C@H](CC(=O)O)C(=O)O. The quantitative estimate of drug-likeness (QED) is 0.523.